The van der Waals surface area contributed by atoms with Gasteiger partial charge in [0.05, 0.1) is 5.69 Å². The third-order valence-corrected chi connectivity index (χ3v) is 3.93. The Morgan fingerprint density at radius 2 is 2.00 bits per heavy atom. The number of alkyl halides is 3. The maximum absolute atomic E-state index is 12.4. The molecule has 1 aromatic heterocycles. The van der Waals surface area contributed by atoms with Gasteiger partial charge in [-0.05, 0) is 31.2 Å². The van der Waals surface area contributed by atoms with E-state index < -0.39 is 12.6 Å². The molecule has 1 aliphatic heterocycles. The topological polar surface area (TPSA) is 38.1 Å². The Hall–Kier alpha value is -1.53. The number of nitrogens with zero attached hydrogens (tertiary/aromatic N) is 3. The fourth-order valence-corrected chi connectivity index (χ4v) is 2.73. The van der Waals surface area contributed by atoms with Crippen LogP contribution in [0.4, 0.5) is 13.2 Å². The number of amides is 1. The standard InChI is InChI=1S/C14H20F3N3O/c1-3-11-8-12(19(2)18-11)13(21)20-6-4-10(5-7-20)9-14(15,16)17/h8,10H,3-7,9H2,1-2H3. The summed E-state index contributed by atoms with van der Waals surface area (Å²) in [6.07, 6.45) is -3.31. The molecular weight excluding hydrogens is 283 g/mol. The van der Waals surface area contributed by atoms with Gasteiger partial charge in [-0.3, -0.25) is 9.48 Å². The maximum atomic E-state index is 12.4. The molecule has 0 N–H and O–H groups in total. The summed E-state index contributed by atoms with van der Waals surface area (Å²) in [6, 6.07) is 1.75. The highest BCUT2D eigenvalue weighted by molar-refractivity contribution is 5.92. The fourth-order valence-electron chi connectivity index (χ4n) is 2.73. The van der Waals surface area contributed by atoms with Crippen LogP contribution < -0.4 is 0 Å². The summed E-state index contributed by atoms with van der Waals surface area (Å²) in [7, 11) is 1.71. The smallest absolute Gasteiger partial charge is 0.337 e. The van der Waals surface area contributed by atoms with Crippen molar-refractivity contribution < 1.29 is 18.0 Å². The summed E-state index contributed by atoms with van der Waals surface area (Å²) in [6.45, 7) is 2.72. The Morgan fingerprint density at radius 3 is 2.48 bits per heavy atom. The number of hydrogen-bond donors (Lipinski definition) is 0. The van der Waals surface area contributed by atoms with Crippen LogP contribution in [0.2, 0.25) is 0 Å². The quantitative estimate of drug-likeness (QED) is 0.861. The molecule has 1 saturated heterocycles. The van der Waals surface area contributed by atoms with Crippen LogP contribution in [0.25, 0.3) is 0 Å². The van der Waals surface area contributed by atoms with Crippen molar-refractivity contribution in [2.45, 2.75) is 38.8 Å². The molecular formula is C14H20F3N3O. The zero-order chi connectivity index (χ0) is 15.6. The van der Waals surface area contributed by atoms with E-state index in [1.165, 1.54) is 0 Å². The van der Waals surface area contributed by atoms with Crippen LogP contribution in [0.3, 0.4) is 0 Å². The van der Waals surface area contributed by atoms with Gasteiger partial charge in [-0.15, -0.1) is 0 Å². The number of aromatic nitrogens is 2. The molecule has 2 rings (SSSR count). The van der Waals surface area contributed by atoms with E-state index in [-0.39, 0.29) is 11.8 Å². The van der Waals surface area contributed by atoms with Crippen molar-refractivity contribution in [1.82, 2.24) is 14.7 Å². The molecule has 0 saturated carbocycles. The molecule has 0 atom stereocenters. The zero-order valence-corrected chi connectivity index (χ0v) is 12.3. The van der Waals surface area contributed by atoms with E-state index in [0.717, 1.165) is 12.1 Å². The van der Waals surface area contributed by atoms with Crippen LogP contribution >= 0.6 is 0 Å². The largest absolute Gasteiger partial charge is 0.389 e. The van der Waals surface area contributed by atoms with Gasteiger partial charge in [-0.1, -0.05) is 6.92 Å². The van der Waals surface area contributed by atoms with Gasteiger partial charge in [-0.2, -0.15) is 18.3 Å². The summed E-state index contributed by atoms with van der Waals surface area (Å²) in [4.78, 5) is 14.0. The third kappa shape index (κ3) is 3.98. The molecule has 1 fully saturated rings. The molecule has 0 spiro atoms. The molecule has 0 unspecified atom stereocenters. The first-order valence-corrected chi connectivity index (χ1v) is 7.19. The molecule has 4 nitrogen and oxygen atoms in total. The monoisotopic (exact) mass is 303 g/mol. The predicted molar refractivity (Wildman–Crippen MR) is 71.9 cm³/mol. The Kier molecular flexibility index (Phi) is 4.58. The molecule has 2 heterocycles. The van der Waals surface area contributed by atoms with Gasteiger partial charge < -0.3 is 4.90 Å². The molecule has 1 amide bonds. The van der Waals surface area contributed by atoms with Crippen LogP contribution in [0.15, 0.2) is 6.07 Å². The molecule has 1 aromatic rings. The number of likely N-dealkylation sites (tertiary alicyclic amines) is 1. The molecule has 0 radical (unpaired) electrons. The average Bonchev–Trinajstić information content (AvgIpc) is 2.78. The minimum Gasteiger partial charge on any atom is -0.337 e. The molecule has 0 aromatic carbocycles. The summed E-state index contributed by atoms with van der Waals surface area (Å²) < 4.78 is 38.6. The van der Waals surface area contributed by atoms with Crippen molar-refractivity contribution in [2.75, 3.05) is 13.1 Å². The van der Waals surface area contributed by atoms with Crippen LogP contribution in [0.5, 0.6) is 0 Å². The number of carbonyl (C=O) groups excluding carboxylic acids is 1. The second kappa shape index (κ2) is 6.07. The fraction of sp³-hybridized carbons (Fsp3) is 0.714. The number of halogens is 3. The van der Waals surface area contributed by atoms with Crippen LogP contribution in [-0.4, -0.2) is 39.9 Å². The summed E-state index contributed by atoms with van der Waals surface area (Å²) in [5.74, 6) is -0.512. The molecule has 118 valence electrons. The minimum atomic E-state index is -4.12. The van der Waals surface area contributed by atoms with Gasteiger partial charge in [0.25, 0.3) is 5.91 Å². The first-order chi connectivity index (χ1) is 9.80. The Labute approximate surface area is 121 Å². The molecule has 1 aliphatic rings. The van der Waals surface area contributed by atoms with Crippen molar-refractivity contribution in [2.24, 2.45) is 13.0 Å². The van der Waals surface area contributed by atoms with Gasteiger partial charge in [-0.25, -0.2) is 0 Å². The summed E-state index contributed by atoms with van der Waals surface area (Å²) in [5.41, 5.74) is 1.34. The van der Waals surface area contributed by atoms with E-state index >= 15 is 0 Å². The number of carbonyl (C=O) groups is 1. The third-order valence-electron chi connectivity index (χ3n) is 3.93. The van der Waals surface area contributed by atoms with E-state index in [0.29, 0.717) is 31.6 Å². The van der Waals surface area contributed by atoms with E-state index in [1.54, 1.807) is 22.7 Å². The number of aryl methyl sites for hydroxylation is 2. The lowest BCUT2D eigenvalue weighted by Gasteiger charge is -2.32. The Balaban J connectivity index is 1.95. The normalized spacial score (nSPS) is 17.3. The van der Waals surface area contributed by atoms with E-state index in [9.17, 15) is 18.0 Å². The lowest BCUT2D eigenvalue weighted by atomic mass is 9.93. The lowest BCUT2D eigenvalue weighted by Crippen LogP contribution is -2.40. The second-order valence-electron chi connectivity index (χ2n) is 5.55. The van der Waals surface area contributed by atoms with Gasteiger partial charge in [0, 0.05) is 26.6 Å². The second-order valence-corrected chi connectivity index (χ2v) is 5.55. The zero-order valence-electron chi connectivity index (χ0n) is 12.3. The van der Waals surface area contributed by atoms with Gasteiger partial charge >= 0.3 is 6.18 Å². The highest BCUT2D eigenvalue weighted by Crippen LogP contribution is 2.31. The predicted octanol–water partition coefficient (Wildman–Crippen LogP) is 2.79. The first kappa shape index (κ1) is 15.9. The Morgan fingerprint density at radius 1 is 1.38 bits per heavy atom. The number of rotatable bonds is 3. The van der Waals surface area contributed by atoms with Crippen LogP contribution in [-0.2, 0) is 13.5 Å². The SMILES string of the molecule is CCc1cc(C(=O)N2CCC(CC(F)(F)F)CC2)n(C)n1. The Bertz CT molecular complexity index is 502. The van der Waals surface area contributed by atoms with Gasteiger partial charge in [0.15, 0.2) is 0 Å². The minimum absolute atomic E-state index is 0.143. The maximum Gasteiger partial charge on any atom is 0.389 e. The van der Waals surface area contributed by atoms with Crippen molar-refractivity contribution in [3.63, 3.8) is 0 Å². The van der Waals surface area contributed by atoms with Crippen molar-refractivity contribution >= 4 is 5.91 Å². The first-order valence-electron chi connectivity index (χ1n) is 7.19. The highest BCUT2D eigenvalue weighted by Gasteiger charge is 2.34. The van der Waals surface area contributed by atoms with Crippen LogP contribution in [0, 0.1) is 5.92 Å². The number of hydrogen-bond acceptors (Lipinski definition) is 2. The van der Waals surface area contributed by atoms with Gasteiger partial charge in [0.2, 0.25) is 0 Å². The van der Waals surface area contributed by atoms with Crippen molar-refractivity contribution in [1.29, 1.82) is 0 Å². The molecule has 0 aliphatic carbocycles. The molecule has 7 heteroatoms. The summed E-state index contributed by atoms with van der Waals surface area (Å²) >= 11 is 0. The lowest BCUT2D eigenvalue weighted by molar-refractivity contribution is -0.147. The summed E-state index contributed by atoms with van der Waals surface area (Å²) in [5, 5.41) is 4.23. The van der Waals surface area contributed by atoms with E-state index in [2.05, 4.69) is 5.10 Å². The van der Waals surface area contributed by atoms with Crippen molar-refractivity contribution in [3.8, 4) is 0 Å². The highest BCUT2D eigenvalue weighted by atomic mass is 19.4. The van der Waals surface area contributed by atoms with Gasteiger partial charge in [0.1, 0.15) is 5.69 Å². The van der Waals surface area contributed by atoms with E-state index in [1.807, 2.05) is 6.92 Å². The molecule has 0 bridgehead atoms. The van der Waals surface area contributed by atoms with Crippen LogP contribution in [0.1, 0.15) is 42.4 Å². The van der Waals surface area contributed by atoms with E-state index in [4.69, 9.17) is 0 Å². The average molecular weight is 303 g/mol. The molecule has 21 heavy (non-hydrogen) atoms. The van der Waals surface area contributed by atoms with Crippen molar-refractivity contribution in [3.05, 3.63) is 17.5 Å². The number of piperidine rings is 1.